The number of nitrogens with zero attached hydrogens (tertiary/aromatic N) is 3. The third-order valence-corrected chi connectivity index (χ3v) is 4.34. The van der Waals surface area contributed by atoms with E-state index >= 15 is 0 Å². The Morgan fingerprint density at radius 3 is 2.67 bits per heavy atom. The molecule has 0 saturated carbocycles. The highest BCUT2D eigenvalue weighted by molar-refractivity contribution is 5.66. The molecule has 2 N–H and O–H groups in total. The smallest absolute Gasteiger partial charge is 0.224 e. The van der Waals surface area contributed by atoms with Crippen molar-refractivity contribution in [2.75, 3.05) is 64.2 Å². The highest BCUT2D eigenvalue weighted by Crippen LogP contribution is 2.31. The fraction of sp³-hybridized carbons (Fsp3) is 0.474. The topological polar surface area (TPSA) is 80.8 Å². The van der Waals surface area contributed by atoms with Gasteiger partial charge in [-0.15, -0.1) is 0 Å². The van der Waals surface area contributed by atoms with Crippen LogP contribution in [0.15, 0.2) is 24.3 Å². The zero-order valence-electron chi connectivity index (χ0n) is 16.1. The predicted octanol–water partition coefficient (Wildman–Crippen LogP) is 2.29. The highest BCUT2D eigenvalue weighted by Gasteiger charge is 2.11. The first-order valence-corrected chi connectivity index (χ1v) is 9.06. The van der Waals surface area contributed by atoms with Gasteiger partial charge in [-0.3, -0.25) is 4.90 Å². The fourth-order valence-corrected chi connectivity index (χ4v) is 2.91. The number of ether oxygens (including phenoxy) is 3. The first kappa shape index (κ1) is 19.2. The van der Waals surface area contributed by atoms with E-state index in [1.807, 2.05) is 31.2 Å². The van der Waals surface area contributed by atoms with Crippen LogP contribution >= 0.6 is 0 Å². The molecule has 1 aromatic carbocycles. The zero-order chi connectivity index (χ0) is 19.1. The van der Waals surface area contributed by atoms with E-state index in [0.29, 0.717) is 17.5 Å². The maximum Gasteiger partial charge on any atom is 0.224 e. The van der Waals surface area contributed by atoms with E-state index in [-0.39, 0.29) is 0 Å². The van der Waals surface area contributed by atoms with Crippen LogP contribution in [0.2, 0.25) is 0 Å². The number of aryl methyl sites for hydroxylation is 1. The van der Waals surface area contributed by atoms with Gasteiger partial charge in [0.15, 0.2) is 0 Å². The van der Waals surface area contributed by atoms with E-state index in [9.17, 15) is 0 Å². The molecule has 0 aliphatic carbocycles. The van der Waals surface area contributed by atoms with Crippen molar-refractivity contribution in [3.05, 3.63) is 30.0 Å². The number of hydrogen-bond acceptors (Lipinski definition) is 8. The number of hydrogen-bond donors (Lipinski definition) is 2. The monoisotopic (exact) mass is 373 g/mol. The number of benzene rings is 1. The van der Waals surface area contributed by atoms with Crippen molar-refractivity contribution in [3.8, 4) is 11.5 Å². The minimum absolute atomic E-state index is 0.604. The third-order valence-electron chi connectivity index (χ3n) is 4.34. The van der Waals surface area contributed by atoms with Crippen LogP contribution in [-0.2, 0) is 4.74 Å². The van der Waals surface area contributed by atoms with Crippen LogP contribution in [0.25, 0.3) is 0 Å². The summed E-state index contributed by atoms with van der Waals surface area (Å²) >= 11 is 0. The van der Waals surface area contributed by atoms with E-state index < -0.39 is 0 Å². The minimum atomic E-state index is 0.604. The Bertz CT molecular complexity index is 750. The Kier molecular flexibility index (Phi) is 6.67. The van der Waals surface area contributed by atoms with Crippen LogP contribution in [-0.4, -0.2) is 68.5 Å². The molecule has 0 radical (unpaired) electrons. The summed E-state index contributed by atoms with van der Waals surface area (Å²) in [4.78, 5) is 11.4. The first-order valence-electron chi connectivity index (χ1n) is 9.06. The van der Waals surface area contributed by atoms with Crippen molar-refractivity contribution < 1.29 is 14.2 Å². The van der Waals surface area contributed by atoms with E-state index in [0.717, 1.165) is 56.5 Å². The van der Waals surface area contributed by atoms with Gasteiger partial charge in [0.1, 0.15) is 17.3 Å². The van der Waals surface area contributed by atoms with Gasteiger partial charge in [-0.2, -0.15) is 4.98 Å². The maximum absolute atomic E-state index is 5.42. The lowest BCUT2D eigenvalue weighted by Crippen LogP contribution is -2.39. The molecule has 8 nitrogen and oxygen atoms in total. The van der Waals surface area contributed by atoms with Gasteiger partial charge in [0.2, 0.25) is 5.95 Å². The van der Waals surface area contributed by atoms with Gasteiger partial charge in [0, 0.05) is 44.0 Å². The lowest BCUT2D eigenvalue weighted by Gasteiger charge is -2.26. The van der Waals surface area contributed by atoms with Crippen molar-refractivity contribution in [1.82, 2.24) is 14.9 Å². The zero-order valence-corrected chi connectivity index (χ0v) is 16.1. The molecule has 0 spiro atoms. The average Bonchev–Trinajstić information content (AvgIpc) is 2.68. The number of anilines is 3. The summed E-state index contributed by atoms with van der Waals surface area (Å²) in [5, 5.41) is 6.61. The van der Waals surface area contributed by atoms with Crippen molar-refractivity contribution in [2.24, 2.45) is 0 Å². The summed E-state index contributed by atoms with van der Waals surface area (Å²) in [7, 11) is 3.27. The number of methoxy groups -OCH3 is 2. The van der Waals surface area contributed by atoms with Gasteiger partial charge in [-0.1, -0.05) is 0 Å². The summed E-state index contributed by atoms with van der Waals surface area (Å²) < 4.78 is 16.1. The molecule has 1 aliphatic heterocycles. The van der Waals surface area contributed by atoms with Gasteiger partial charge in [0.25, 0.3) is 0 Å². The van der Waals surface area contributed by atoms with E-state index in [4.69, 9.17) is 14.2 Å². The first-order chi connectivity index (χ1) is 13.2. The van der Waals surface area contributed by atoms with Gasteiger partial charge in [-0.05, 0) is 19.1 Å². The number of nitrogens with one attached hydrogen (secondary N) is 2. The summed E-state index contributed by atoms with van der Waals surface area (Å²) in [5.41, 5.74) is 1.66. The second-order valence-corrected chi connectivity index (χ2v) is 6.29. The quantitative estimate of drug-likeness (QED) is 0.730. The molecule has 146 valence electrons. The Morgan fingerprint density at radius 2 is 1.93 bits per heavy atom. The highest BCUT2D eigenvalue weighted by atomic mass is 16.5. The summed E-state index contributed by atoms with van der Waals surface area (Å²) in [6.45, 7) is 7.22. The Hall–Kier alpha value is -2.58. The average molecular weight is 373 g/mol. The van der Waals surface area contributed by atoms with E-state index in [1.165, 1.54) is 0 Å². The Morgan fingerprint density at radius 1 is 1.11 bits per heavy atom. The molecule has 2 aromatic rings. The standard InChI is InChI=1S/C19H27N5O3/c1-14-12-18(22-16-13-15(25-2)4-5-17(16)26-3)23-19(21-14)20-6-7-24-8-10-27-11-9-24/h4-5,12-13H,6-11H2,1-3H3,(H2,20,21,22,23). The van der Waals surface area contributed by atoms with Gasteiger partial charge in [-0.25, -0.2) is 4.98 Å². The van der Waals surface area contributed by atoms with Crippen molar-refractivity contribution >= 4 is 17.5 Å². The normalized spacial score (nSPS) is 14.6. The molecule has 8 heteroatoms. The van der Waals surface area contributed by atoms with Crippen LogP contribution in [0.1, 0.15) is 5.69 Å². The van der Waals surface area contributed by atoms with Gasteiger partial charge in [0.05, 0.1) is 33.1 Å². The van der Waals surface area contributed by atoms with Crippen LogP contribution in [0, 0.1) is 6.92 Å². The molecule has 0 atom stereocenters. The van der Waals surface area contributed by atoms with Crippen LogP contribution in [0.3, 0.4) is 0 Å². The van der Waals surface area contributed by atoms with Gasteiger partial charge < -0.3 is 24.8 Å². The lowest BCUT2D eigenvalue weighted by atomic mass is 10.2. The SMILES string of the molecule is COc1ccc(OC)c(Nc2cc(C)nc(NCCN3CCOCC3)n2)c1. The van der Waals surface area contributed by atoms with Crippen LogP contribution in [0.5, 0.6) is 11.5 Å². The molecule has 1 aromatic heterocycles. The van der Waals surface area contributed by atoms with E-state index in [2.05, 4.69) is 25.5 Å². The summed E-state index contributed by atoms with van der Waals surface area (Å²) in [6.07, 6.45) is 0. The number of rotatable bonds is 8. The summed E-state index contributed by atoms with van der Waals surface area (Å²) in [5.74, 6) is 2.76. The van der Waals surface area contributed by atoms with Crippen LogP contribution in [0.4, 0.5) is 17.5 Å². The largest absolute Gasteiger partial charge is 0.497 e. The molecule has 0 bridgehead atoms. The summed E-state index contributed by atoms with van der Waals surface area (Å²) in [6, 6.07) is 7.48. The molecule has 2 heterocycles. The number of aromatic nitrogens is 2. The molecule has 0 amide bonds. The fourth-order valence-electron chi connectivity index (χ4n) is 2.91. The maximum atomic E-state index is 5.42. The second-order valence-electron chi connectivity index (χ2n) is 6.29. The van der Waals surface area contributed by atoms with Crippen molar-refractivity contribution in [1.29, 1.82) is 0 Å². The predicted molar refractivity (Wildman–Crippen MR) is 105 cm³/mol. The van der Waals surface area contributed by atoms with Crippen molar-refractivity contribution in [3.63, 3.8) is 0 Å². The molecule has 1 aliphatic rings. The Balaban J connectivity index is 1.66. The number of morpholine rings is 1. The van der Waals surface area contributed by atoms with E-state index in [1.54, 1.807) is 14.2 Å². The molecular weight excluding hydrogens is 346 g/mol. The molecular formula is C19H27N5O3. The second kappa shape index (κ2) is 9.38. The molecule has 27 heavy (non-hydrogen) atoms. The van der Waals surface area contributed by atoms with Crippen molar-refractivity contribution in [2.45, 2.75) is 6.92 Å². The molecule has 3 rings (SSSR count). The van der Waals surface area contributed by atoms with Gasteiger partial charge >= 0.3 is 0 Å². The molecule has 1 fully saturated rings. The minimum Gasteiger partial charge on any atom is -0.497 e. The molecule has 1 saturated heterocycles. The van der Waals surface area contributed by atoms with Crippen LogP contribution < -0.4 is 20.1 Å². The Labute approximate surface area is 159 Å². The third kappa shape index (κ3) is 5.45. The molecule has 0 unspecified atom stereocenters. The lowest BCUT2D eigenvalue weighted by molar-refractivity contribution is 0.0398.